The summed E-state index contributed by atoms with van der Waals surface area (Å²) in [6.07, 6.45) is 0.816. The van der Waals surface area contributed by atoms with E-state index in [9.17, 15) is 4.79 Å². The molecule has 0 radical (unpaired) electrons. The van der Waals surface area contributed by atoms with Gasteiger partial charge in [0.25, 0.3) is 0 Å². The summed E-state index contributed by atoms with van der Waals surface area (Å²) >= 11 is 0. The highest BCUT2D eigenvalue weighted by atomic mass is 16.5. The number of ether oxygens (including phenoxy) is 1. The molecule has 0 aliphatic rings. The lowest BCUT2D eigenvalue weighted by Crippen LogP contribution is -2.35. The Hall–Kier alpha value is -1.59. The molecule has 20 heavy (non-hydrogen) atoms. The highest BCUT2D eigenvalue weighted by molar-refractivity contribution is 5.69. The van der Waals surface area contributed by atoms with E-state index < -0.39 is 11.9 Å². The van der Waals surface area contributed by atoms with E-state index in [1.54, 1.807) is 14.0 Å². The number of carboxylic acids is 1. The quantitative estimate of drug-likeness (QED) is 0.713. The molecule has 0 bridgehead atoms. The lowest BCUT2D eigenvalue weighted by Gasteiger charge is -2.23. The number of benzene rings is 1. The zero-order valence-electron chi connectivity index (χ0n) is 12.1. The van der Waals surface area contributed by atoms with Gasteiger partial charge >= 0.3 is 5.97 Å². The molecule has 1 atom stereocenters. The van der Waals surface area contributed by atoms with Crippen LogP contribution < -0.4 is 4.74 Å². The Morgan fingerprint density at radius 3 is 2.45 bits per heavy atom. The Balaban J connectivity index is 2.50. The maximum Gasteiger partial charge on any atom is 0.307 e. The normalized spacial score (nSPS) is 12.4. The van der Waals surface area contributed by atoms with E-state index in [-0.39, 0.29) is 6.61 Å². The Kier molecular flexibility index (Phi) is 7.04. The molecule has 0 aromatic heterocycles. The van der Waals surface area contributed by atoms with Crippen LogP contribution in [0, 0.1) is 5.92 Å². The third-order valence-corrected chi connectivity index (χ3v) is 3.25. The van der Waals surface area contributed by atoms with Gasteiger partial charge in [0.15, 0.2) is 0 Å². The number of hydrogen-bond donors (Lipinski definition) is 2. The number of aliphatic hydroxyl groups is 1. The van der Waals surface area contributed by atoms with E-state index in [2.05, 4.69) is 0 Å². The van der Waals surface area contributed by atoms with E-state index >= 15 is 0 Å². The summed E-state index contributed by atoms with van der Waals surface area (Å²) in [6, 6.07) is 7.81. The van der Waals surface area contributed by atoms with E-state index in [0.29, 0.717) is 13.1 Å². The molecule has 0 aliphatic heterocycles. The van der Waals surface area contributed by atoms with Crippen LogP contribution in [0.3, 0.4) is 0 Å². The van der Waals surface area contributed by atoms with Gasteiger partial charge in [-0.1, -0.05) is 19.1 Å². The van der Waals surface area contributed by atoms with Crippen LogP contribution >= 0.6 is 0 Å². The average molecular weight is 281 g/mol. The summed E-state index contributed by atoms with van der Waals surface area (Å²) in [5.74, 6) is -0.421. The van der Waals surface area contributed by atoms with E-state index in [1.807, 2.05) is 29.2 Å². The van der Waals surface area contributed by atoms with Gasteiger partial charge in [0.2, 0.25) is 0 Å². The SMILES string of the molecule is COc1ccc(CCN(CCO)CC(C)C(=O)O)cc1. The van der Waals surface area contributed by atoms with Gasteiger partial charge in [-0.15, -0.1) is 0 Å². The molecule has 0 spiro atoms. The Morgan fingerprint density at radius 2 is 1.95 bits per heavy atom. The van der Waals surface area contributed by atoms with Crippen molar-refractivity contribution in [3.63, 3.8) is 0 Å². The monoisotopic (exact) mass is 281 g/mol. The van der Waals surface area contributed by atoms with Gasteiger partial charge in [-0.25, -0.2) is 0 Å². The van der Waals surface area contributed by atoms with Crippen molar-refractivity contribution < 1.29 is 19.7 Å². The molecule has 0 aliphatic carbocycles. The molecule has 1 aromatic rings. The first-order valence-electron chi connectivity index (χ1n) is 6.75. The molecule has 1 unspecified atom stereocenters. The van der Waals surface area contributed by atoms with Crippen LogP contribution in [0.1, 0.15) is 12.5 Å². The van der Waals surface area contributed by atoms with Gasteiger partial charge in [-0.3, -0.25) is 9.69 Å². The summed E-state index contributed by atoms with van der Waals surface area (Å²) in [4.78, 5) is 12.9. The van der Waals surface area contributed by atoms with Crippen molar-refractivity contribution in [2.75, 3.05) is 33.4 Å². The number of hydrogen-bond acceptors (Lipinski definition) is 4. The first kappa shape index (κ1) is 16.5. The maximum absolute atomic E-state index is 10.9. The minimum absolute atomic E-state index is 0.0367. The number of aliphatic hydroxyl groups excluding tert-OH is 1. The van der Waals surface area contributed by atoms with Gasteiger partial charge < -0.3 is 14.9 Å². The van der Waals surface area contributed by atoms with Crippen molar-refractivity contribution in [1.82, 2.24) is 4.90 Å². The van der Waals surface area contributed by atoms with Gasteiger partial charge in [0, 0.05) is 19.6 Å². The van der Waals surface area contributed by atoms with Gasteiger partial charge in [0.1, 0.15) is 5.75 Å². The van der Waals surface area contributed by atoms with Crippen LogP contribution in [0.5, 0.6) is 5.75 Å². The van der Waals surface area contributed by atoms with Crippen molar-refractivity contribution in [3.8, 4) is 5.75 Å². The van der Waals surface area contributed by atoms with Crippen LogP contribution in [-0.4, -0.2) is 54.4 Å². The molecule has 0 fully saturated rings. The number of carbonyl (C=O) groups is 1. The van der Waals surface area contributed by atoms with Crippen LogP contribution in [0.15, 0.2) is 24.3 Å². The molecule has 0 saturated carbocycles. The summed E-state index contributed by atoms with van der Waals surface area (Å²) in [5, 5.41) is 18.0. The molecule has 0 amide bonds. The number of methoxy groups -OCH3 is 1. The van der Waals surface area contributed by atoms with Crippen molar-refractivity contribution in [2.24, 2.45) is 5.92 Å². The lowest BCUT2D eigenvalue weighted by atomic mass is 10.1. The van der Waals surface area contributed by atoms with Crippen molar-refractivity contribution >= 4 is 5.97 Å². The third-order valence-electron chi connectivity index (χ3n) is 3.25. The standard InChI is InChI=1S/C15H23NO4/c1-12(15(18)19)11-16(9-10-17)8-7-13-3-5-14(20-2)6-4-13/h3-6,12,17H,7-11H2,1-2H3,(H,18,19). The minimum atomic E-state index is -0.808. The molecule has 112 valence electrons. The van der Waals surface area contributed by atoms with Crippen molar-refractivity contribution in [3.05, 3.63) is 29.8 Å². The van der Waals surface area contributed by atoms with E-state index in [0.717, 1.165) is 24.3 Å². The Morgan fingerprint density at radius 1 is 1.30 bits per heavy atom. The van der Waals surface area contributed by atoms with Crippen molar-refractivity contribution in [2.45, 2.75) is 13.3 Å². The Labute approximate surface area is 119 Å². The highest BCUT2D eigenvalue weighted by Gasteiger charge is 2.15. The summed E-state index contributed by atoms with van der Waals surface area (Å²) in [7, 11) is 1.63. The first-order valence-corrected chi connectivity index (χ1v) is 6.75. The highest BCUT2D eigenvalue weighted by Crippen LogP contribution is 2.12. The van der Waals surface area contributed by atoms with E-state index in [4.69, 9.17) is 14.9 Å². The summed E-state index contributed by atoms with van der Waals surface area (Å²) in [5.41, 5.74) is 1.16. The van der Waals surface area contributed by atoms with Gasteiger partial charge in [-0.2, -0.15) is 0 Å². The Bertz CT molecular complexity index is 405. The molecule has 1 aromatic carbocycles. The van der Waals surface area contributed by atoms with Crippen LogP contribution in [-0.2, 0) is 11.2 Å². The zero-order chi connectivity index (χ0) is 15.0. The second-order valence-corrected chi connectivity index (χ2v) is 4.86. The maximum atomic E-state index is 10.9. The lowest BCUT2D eigenvalue weighted by molar-refractivity contribution is -0.141. The molecular formula is C15H23NO4. The molecule has 1 rings (SSSR count). The van der Waals surface area contributed by atoms with Gasteiger partial charge in [0.05, 0.1) is 19.6 Å². The predicted molar refractivity (Wildman–Crippen MR) is 77.0 cm³/mol. The van der Waals surface area contributed by atoms with Gasteiger partial charge in [-0.05, 0) is 24.1 Å². The summed E-state index contributed by atoms with van der Waals surface area (Å²) in [6.45, 7) is 3.39. The fraction of sp³-hybridized carbons (Fsp3) is 0.533. The van der Waals surface area contributed by atoms with Crippen LogP contribution in [0.25, 0.3) is 0 Å². The largest absolute Gasteiger partial charge is 0.497 e. The second-order valence-electron chi connectivity index (χ2n) is 4.86. The van der Waals surface area contributed by atoms with Crippen molar-refractivity contribution in [1.29, 1.82) is 0 Å². The van der Waals surface area contributed by atoms with Crippen LogP contribution in [0.4, 0.5) is 0 Å². The molecule has 0 heterocycles. The number of rotatable bonds is 9. The predicted octanol–water partition coefficient (Wildman–Crippen LogP) is 1.25. The fourth-order valence-electron chi connectivity index (χ4n) is 1.98. The molecule has 5 heteroatoms. The van der Waals surface area contributed by atoms with Crippen LogP contribution in [0.2, 0.25) is 0 Å². The summed E-state index contributed by atoms with van der Waals surface area (Å²) < 4.78 is 5.10. The van der Waals surface area contributed by atoms with E-state index in [1.165, 1.54) is 0 Å². The first-order chi connectivity index (χ1) is 9.56. The average Bonchev–Trinajstić information content (AvgIpc) is 2.45. The number of nitrogens with zero attached hydrogens (tertiary/aromatic N) is 1. The zero-order valence-corrected chi connectivity index (χ0v) is 12.1. The minimum Gasteiger partial charge on any atom is -0.497 e. The molecular weight excluding hydrogens is 258 g/mol. The third kappa shape index (κ3) is 5.59. The smallest absolute Gasteiger partial charge is 0.307 e. The molecule has 2 N–H and O–H groups in total. The molecule has 5 nitrogen and oxygen atoms in total. The number of aliphatic carboxylic acids is 1. The fourth-order valence-corrected chi connectivity index (χ4v) is 1.98. The second kappa shape index (κ2) is 8.55. The topological polar surface area (TPSA) is 70.0 Å². The number of carboxylic acid groups (broad SMARTS) is 1. The molecule has 0 saturated heterocycles.